The summed E-state index contributed by atoms with van der Waals surface area (Å²) < 4.78 is 13.2. The number of nitrogens with zero attached hydrogens (tertiary/aromatic N) is 5. The number of para-hydroxylation sites is 2. The Kier molecular flexibility index (Phi) is 6.52. The summed E-state index contributed by atoms with van der Waals surface area (Å²) in [6, 6.07) is 13.6. The Hall–Kier alpha value is -3.34. The molecule has 1 atom stereocenters. The lowest BCUT2D eigenvalue weighted by molar-refractivity contribution is -0.139. The van der Waals surface area contributed by atoms with E-state index in [4.69, 9.17) is 14.5 Å². The second-order valence-electron chi connectivity index (χ2n) is 8.08. The van der Waals surface area contributed by atoms with Gasteiger partial charge < -0.3 is 24.3 Å². The van der Waals surface area contributed by atoms with Crippen LogP contribution in [0.25, 0.3) is 11.0 Å². The number of thiazole rings is 1. The van der Waals surface area contributed by atoms with Crippen LogP contribution in [0.2, 0.25) is 0 Å². The number of pyridine rings is 1. The number of hydrogen-bond donors (Lipinski definition) is 1. The summed E-state index contributed by atoms with van der Waals surface area (Å²) in [5.41, 5.74) is 2.56. The highest BCUT2D eigenvalue weighted by atomic mass is 32.1. The summed E-state index contributed by atoms with van der Waals surface area (Å²) in [5.74, 6) is 1.45. The number of carbonyl (C=O) groups is 1. The van der Waals surface area contributed by atoms with Gasteiger partial charge in [-0.25, -0.2) is 15.0 Å². The predicted molar refractivity (Wildman–Crippen MR) is 130 cm³/mol. The van der Waals surface area contributed by atoms with E-state index in [9.17, 15) is 4.79 Å². The van der Waals surface area contributed by atoms with Gasteiger partial charge in [0, 0.05) is 24.7 Å². The predicted octanol–water partition coefficient (Wildman–Crippen LogP) is 3.69. The Morgan fingerprint density at radius 2 is 2.12 bits per heavy atom. The van der Waals surface area contributed by atoms with Crippen molar-refractivity contribution in [2.24, 2.45) is 0 Å². The van der Waals surface area contributed by atoms with Crippen molar-refractivity contribution in [2.45, 2.75) is 26.2 Å². The molecular formula is C24H26N6O3S. The van der Waals surface area contributed by atoms with E-state index < -0.39 is 0 Å². The van der Waals surface area contributed by atoms with Gasteiger partial charge in [0.2, 0.25) is 5.91 Å². The second kappa shape index (κ2) is 9.88. The molecule has 1 N–H and O–H groups in total. The SMILES string of the molecule is COCc1nc2ccccc2n1CC(=O)N1CCOC(c2cccc(Nc3ncc(C)s3)n2)C1. The van der Waals surface area contributed by atoms with Crippen molar-refractivity contribution in [3.63, 3.8) is 0 Å². The van der Waals surface area contributed by atoms with Crippen LogP contribution in [0.15, 0.2) is 48.7 Å². The van der Waals surface area contributed by atoms with Crippen LogP contribution in [-0.4, -0.2) is 57.1 Å². The van der Waals surface area contributed by atoms with Gasteiger partial charge in [-0.05, 0) is 31.2 Å². The topological polar surface area (TPSA) is 94.4 Å². The molecule has 3 aromatic heterocycles. The molecule has 9 nitrogen and oxygen atoms in total. The molecule has 0 aliphatic carbocycles. The molecule has 1 saturated heterocycles. The molecule has 0 radical (unpaired) electrons. The maximum Gasteiger partial charge on any atom is 0.242 e. The van der Waals surface area contributed by atoms with Crippen molar-refractivity contribution in [3.05, 3.63) is 65.1 Å². The molecule has 4 aromatic rings. The number of methoxy groups -OCH3 is 1. The lowest BCUT2D eigenvalue weighted by Gasteiger charge is -2.33. The van der Waals surface area contributed by atoms with E-state index in [0.29, 0.717) is 32.1 Å². The minimum Gasteiger partial charge on any atom is -0.377 e. The molecule has 1 aliphatic heterocycles. The quantitative estimate of drug-likeness (QED) is 0.433. The van der Waals surface area contributed by atoms with Crippen LogP contribution < -0.4 is 5.32 Å². The third kappa shape index (κ3) is 4.79. The first-order valence-corrected chi connectivity index (χ1v) is 11.9. The number of benzene rings is 1. The standard InChI is InChI=1S/C24H26N6O3S/c1-16-12-25-24(34-16)28-21-9-5-7-18(26-21)20-13-29(10-11-33-20)23(31)14-30-19-8-4-3-6-17(19)27-22(30)15-32-2/h3-9,12,20H,10-11,13-15H2,1-2H3,(H,25,26,28). The number of aromatic nitrogens is 4. The van der Waals surface area contributed by atoms with E-state index in [1.165, 1.54) is 0 Å². The number of aryl methyl sites for hydroxylation is 1. The third-order valence-corrected chi connectivity index (χ3v) is 6.50. The third-order valence-electron chi connectivity index (χ3n) is 5.68. The van der Waals surface area contributed by atoms with Gasteiger partial charge >= 0.3 is 0 Å². The summed E-state index contributed by atoms with van der Waals surface area (Å²) in [6.45, 7) is 3.99. The minimum atomic E-state index is -0.296. The van der Waals surface area contributed by atoms with Crippen molar-refractivity contribution in [1.29, 1.82) is 0 Å². The monoisotopic (exact) mass is 478 g/mol. The Morgan fingerprint density at radius 3 is 2.94 bits per heavy atom. The van der Waals surface area contributed by atoms with E-state index in [0.717, 1.165) is 32.6 Å². The zero-order chi connectivity index (χ0) is 23.5. The zero-order valence-electron chi connectivity index (χ0n) is 19.1. The highest BCUT2D eigenvalue weighted by molar-refractivity contribution is 7.15. The number of hydrogen-bond acceptors (Lipinski definition) is 8. The smallest absolute Gasteiger partial charge is 0.242 e. The number of anilines is 2. The van der Waals surface area contributed by atoms with Crippen LogP contribution in [-0.2, 0) is 27.4 Å². The molecule has 1 aromatic carbocycles. The molecule has 1 unspecified atom stereocenters. The molecular weight excluding hydrogens is 452 g/mol. The lowest BCUT2D eigenvalue weighted by atomic mass is 10.2. The van der Waals surface area contributed by atoms with Crippen LogP contribution >= 0.6 is 11.3 Å². The van der Waals surface area contributed by atoms with Crippen LogP contribution in [0.3, 0.4) is 0 Å². The first-order chi connectivity index (χ1) is 16.6. The maximum absolute atomic E-state index is 13.3. The minimum absolute atomic E-state index is 0.0151. The molecule has 34 heavy (non-hydrogen) atoms. The molecule has 0 saturated carbocycles. The summed E-state index contributed by atoms with van der Waals surface area (Å²) >= 11 is 1.57. The van der Waals surface area contributed by atoms with E-state index >= 15 is 0 Å². The number of imidazole rings is 1. The number of morpholine rings is 1. The van der Waals surface area contributed by atoms with E-state index in [2.05, 4.69) is 15.3 Å². The number of nitrogens with one attached hydrogen (secondary N) is 1. The van der Waals surface area contributed by atoms with E-state index in [-0.39, 0.29) is 18.6 Å². The van der Waals surface area contributed by atoms with Crippen LogP contribution in [0, 0.1) is 6.92 Å². The number of ether oxygens (including phenoxy) is 2. The Labute approximate surface area is 201 Å². The highest BCUT2D eigenvalue weighted by Crippen LogP contribution is 2.25. The van der Waals surface area contributed by atoms with Gasteiger partial charge in [-0.3, -0.25) is 4.79 Å². The average Bonchev–Trinajstić information content (AvgIpc) is 3.42. The van der Waals surface area contributed by atoms with E-state index in [1.807, 2.05) is 65.1 Å². The highest BCUT2D eigenvalue weighted by Gasteiger charge is 2.27. The van der Waals surface area contributed by atoms with Gasteiger partial charge in [0.25, 0.3) is 0 Å². The molecule has 176 valence electrons. The second-order valence-corrected chi connectivity index (χ2v) is 9.32. The Bertz CT molecular complexity index is 1300. The molecule has 10 heteroatoms. The van der Waals surface area contributed by atoms with Crippen LogP contribution in [0.1, 0.15) is 22.5 Å². The molecule has 1 fully saturated rings. The number of amides is 1. The van der Waals surface area contributed by atoms with Crippen LogP contribution in [0.5, 0.6) is 0 Å². The fourth-order valence-electron chi connectivity index (χ4n) is 4.05. The summed E-state index contributed by atoms with van der Waals surface area (Å²) in [6.07, 6.45) is 1.53. The van der Waals surface area contributed by atoms with Gasteiger partial charge in [0.1, 0.15) is 30.9 Å². The lowest BCUT2D eigenvalue weighted by Crippen LogP contribution is -2.44. The first kappa shape index (κ1) is 22.5. The fourth-order valence-corrected chi connectivity index (χ4v) is 4.72. The first-order valence-electron chi connectivity index (χ1n) is 11.1. The zero-order valence-corrected chi connectivity index (χ0v) is 19.9. The number of fused-ring (bicyclic) bond motifs is 1. The maximum atomic E-state index is 13.3. The number of carbonyl (C=O) groups excluding carboxylic acids is 1. The normalized spacial score (nSPS) is 16.2. The van der Waals surface area contributed by atoms with Crippen molar-refractivity contribution < 1.29 is 14.3 Å². The van der Waals surface area contributed by atoms with Crippen molar-refractivity contribution >= 4 is 39.2 Å². The molecule has 1 aliphatic rings. The average molecular weight is 479 g/mol. The van der Waals surface area contributed by atoms with Gasteiger partial charge in [-0.2, -0.15) is 0 Å². The molecule has 5 rings (SSSR count). The summed E-state index contributed by atoms with van der Waals surface area (Å²) in [4.78, 5) is 29.9. The van der Waals surface area contributed by atoms with Gasteiger partial charge in [-0.1, -0.05) is 18.2 Å². The molecule has 4 heterocycles. The molecule has 1 amide bonds. The van der Waals surface area contributed by atoms with Crippen molar-refractivity contribution in [3.8, 4) is 0 Å². The Morgan fingerprint density at radius 1 is 1.24 bits per heavy atom. The van der Waals surface area contributed by atoms with Gasteiger partial charge in [-0.15, -0.1) is 11.3 Å². The van der Waals surface area contributed by atoms with Crippen molar-refractivity contribution in [2.75, 3.05) is 32.1 Å². The summed E-state index contributed by atoms with van der Waals surface area (Å²) in [5, 5.41) is 4.04. The molecule has 0 bridgehead atoms. The van der Waals surface area contributed by atoms with Crippen LogP contribution in [0.4, 0.5) is 10.9 Å². The summed E-state index contributed by atoms with van der Waals surface area (Å²) in [7, 11) is 1.63. The fraction of sp³-hybridized carbons (Fsp3) is 0.333. The molecule has 0 spiro atoms. The number of rotatable bonds is 7. The van der Waals surface area contributed by atoms with Crippen molar-refractivity contribution in [1.82, 2.24) is 24.4 Å². The van der Waals surface area contributed by atoms with E-state index in [1.54, 1.807) is 18.4 Å². The Balaban J connectivity index is 1.30. The van der Waals surface area contributed by atoms with Gasteiger partial charge in [0.05, 0.1) is 29.9 Å². The van der Waals surface area contributed by atoms with Gasteiger partial charge in [0.15, 0.2) is 5.13 Å². The largest absolute Gasteiger partial charge is 0.377 e.